The van der Waals surface area contributed by atoms with Crippen molar-refractivity contribution in [2.75, 3.05) is 26.4 Å². The number of rotatable bonds is 11. The van der Waals surface area contributed by atoms with E-state index in [1.165, 1.54) is 6.92 Å². The van der Waals surface area contributed by atoms with Gasteiger partial charge in [0.25, 0.3) is 0 Å². The number of carbonyl (C=O) groups excluding carboxylic acids is 1. The van der Waals surface area contributed by atoms with E-state index in [4.69, 9.17) is 47.4 Å². The molecular formula is C57H92O25. The van der Waals surface area contributed by atoms with E-state index in [0.717, 1.165) is 24.8 Å². The summed E-state index contributed by atoms with van der Waals surface area (Å²) in [4.78, 5) is 15.4. The van der Waals surface area contributed by atoms with E-state index >= 15 is 4.79 Å². The first kappa shape index (κ1) is 63.3. The fraction of sp³-hybridized carbons (Fsp3) is 0.947. The van der Waals surface area contributed by atoms with Crippen molar-refractivity contribution in [3.8, 4) is 0 Å². The molecule has 5 aliphatic carbocycles. The Morgan fingerprint density at radius 2 is 1.13 bits per heavy atom. The van der Waals surface area contributed by atoms with Gasteiger partial charge in [0.2, 0.25) is 6.29 Å². The number of aliphatic hydroxyl groups is 14. The Morgan fingerprint density at radius 3 is 1.80 bits per heavy atom. The van der Waals surface area contributed by atoms with Crippen LogP contribution in [-0.2, 0) is 52.2 Å². The van der Waals surface area contributed by atoms with Crippen molar-refractivity contribution in [3.05, 3.63) is 11.6 Å². The second kappa shape index (κ2) is 23.0. The minimum Gasteiger partial charge on any atom is -0.432 e. The lowest BCUT2D eigenvalue weighted by atomic mass is 9.33. The first-order valence-electron chi connectivity index (χ1n) is 29.5. The van der Waals surface area contributed by atoms with Crippen LogP contribution in [0.15, 0.2) is 11.6 Å². The fourth-order valence-corrected chi connectivity index (χ4v) is 17.1. The molecule has 25 nitrogen and oxygen atoms in total. The summed E-state index contributed by atoms with van der Waals surface area (Å²) in [5.41, 5.74) is -2.40. The monoisotopic (exact) mass is 1180 g/mol. The van der Waals surface area contributed by atoms with E-state index in [-0.39, 0.29) is 54.1 Å². The third-order valence-electron chi connectivity index (χ3n) is 22.3. The molecule has 10 rings (SSSR count). The Kier molecular flexibility index (Phi) is 17.8. The summed E-state index contributed by atoms with van der Waals surface area (Å²) in [6.07, 6.45) is -28.2. The van der Waals surface area contributed by atoms with E-state index < -0.39 is 189 Å². The topological polar surface area (TPSA) is 393 Å². The van der Waals surface area contributed by atoms with Gasteiger partial charge < -0.3 is 119 Å². The fourth-order valence-electron chi connectivity index (χ4n) is 17.1. The van der Waals surface area contributed by atoms with Gasteiger partial charge in [0, 0.05) is 0 Å². The average molecular weight is 1180 g/mol. The molecular weight excluding hydrogens is 1080 g/mol. The minimum absolute atomic E-state index is 0.0885. The molecule has 9 fully saturated rings. The lowest BCUT2D eigenvalue weighted by Gasteiger charge is -2.71. The summed E-state index contributed by atoms with van der Waals surface area (Å²) >= 11 is 0. The first-order chi connectivity index (χ1) is 38.3. The smallest absolute Gasteiger partial charge is 0.317 e. The van der Waals surface area contributed by atoms with Crippen molar-refractivity contribution in [2.24, 2.45) is 50.2 Å². The molecule has 31 atom stereocenters. The van der Waals surface area contributed by atoms with E-state index in [1.54, 1.807) is 0 Å². The average Bonchev–Trinajstić information content (AvgIpc) is 0.726. The molecule has 470 valence electrons. The molecule has 0 radical (unpaired) electrons. The highest BCUT2D eigenvalue weighted by Gasteiger charge is 2.72. The van der Waals surface area contributed by atoms with Gasteiger partial charge in [-0.1, -0.05) is 60.1 Å². The van der Waals surface area contributed by atoms with Crippen LogP contribution in [-0.4, -0.2) is 251 Å². The van der Waals surface area contributed by atoms with Gasteiger partial charge in [0.15, 0.2) is 31.3 Å². The lowest BCUT2D eigenvalue weighted by Crippen LogP contribution is -2.68. The number of aliphatic hydroxyl groups excluding tert-OH is 14. The molecule has 0 amide bonds. The number of hydrogen-bond donors (Lipinski definition) is 14. The summed E-state index contributed by atoms with van der Waals surface area (Å²) in [5.74, 6) is -1.06. The Bertz CT molecular complexity index is 2290. The van der Waals surface area contributed by atoms with Gasteiger partial charge in [0.1, 0.15) is 97.0 Å². The molecule has 0 bridgehead atoms. The van der Waals surface area contributed by atoms with Crippen LogP contribution in [0.1, 0.15) is 113 Å². The van der Waals surface area contributed by atoms with Gasteiger partial charge in [-0.15, -0.1) is 0 Å². The van der Waals surface area contributed by atoms with Crippen molar-refractivity contribution >= 4 is 5.97 Å². The molecule has 5 saturated heterocycles. The largest absolute Gasteiger partial charge is 0.432 e. The second-order valence-corrected chi connectivity index (χ2v) is 27.9. The molecule has 5 heterocycles. The number of fused-ring (bicyclic) bond motifs is 7. The van der Waals surface area contributed by atoms with Crippen LogP contribution in [0.4, 0.5) is 0 Å². The standard InChI is InChI=1S/C57H92O25/c1-23-44(80-47-41(69)35(63)27(59)20-74-47)39(67)43(71)48(77-23)81-45-36(64)28(60)21-75-50(45)82-51(72)57-16-15-52(2,3)17-25(57)24-9-10-31-54(6)13-12-33(53(4,5)30(54)11-14-55(31,7)56(24,8)18-32(57)61)79-49-42(70)38(66)37(65)29(78-49)22-76-46-40(68)34(62)26(58)19-73-46/h9,23,25-50,58-71H,10-22H2,1-8H3/t23-,25-,26+,27+,28-,29+,30-,31+,32+,33-,34-,35-,36-,37+,38-,39-,40+,41+,42+,43+,44-,45+,46-,47-,48-,49-,50-,54-,55+,56+,57+/m0/s1. The summed E-state index contributed by atoms with van der Waals surface area (Å²) < 4.78 is 59.1. The highest BCUT2D eigenvalue weighted by atomic mass is 16.8. The summed E-state index contributed by atoms with van der Waals surface area (Å²) in [7, 11) is 0. The van der Waals surface area contributed by atoms with Crippen LogP contribution in [0.3, 0.4) is 0 Å². The molecule has 82 heavy (non-hydrogen) atoms. The maximum atomic E-state index is 15.4. The van der Waals surface area contributed by atoms with E-state index in [2.05, 4.69) is 54.5 Å². The zero-order valence-corrected chi connectivity index (χ0v) is 48.1. The van der Waals surface area contributed by atoms with E-state index in [1.807, 2.05) is 0 Å². The molecule has 25 heteroatoms. The van der Waals surface area contributed by atoms with Gasteiger partial charge in [-0.25, -0.2) is 0 Å². The second-order valence-electron chi connectivity index (χ2n) is 27.9. The normalized spacial score (nSPS) is 54.8. The first-order valence-corrected chi connectivity index (χ1v) is 29.5. The van der Waals surface area contributed by atoms with Crippen LogP contribution in [0, 0.1) is 50.2 Å². The van der Waals surface area contributed by atoms with Gasteiger partial charge in [-0.05, 0) is 110 Å². The number of carbonyl (C=O) groups is 1. The maximum Gasteiger partial charge on any atom is 0.317 e. The number of esters is 1. The summed E-state index contributed by atoms with van der Waals surface area (Å²) in [6.45, 7) is 15.4. The molecule has 0 unspecified atom stereocenters. The third-order valence-corrected chi connectivity index (χ3v) is 22.3. The maximum absolute atomic E-state index is 15.4. The van der Waals surface area contributed by atoms with Gasteiger partial charge in [-0.3, -0.25) is 4.79 Å². The molecule has 0 aromatic carbocycles. The highest BCUT2D eigenvalue weighted by Crippen LogP contribution is 2.76. The van der Waals surface area contributed by atoms with Crippen LogP contribution < -0.4 is 0 Å². The number of allylic oxidation sites excluding steroid dienone is 2. The number of hydrogen-bond acceptors (Lipinski definition) is 25. The molecule has 0 aromatic heterocycles. The Balaban J connectivity index is 0.849. The quantitative estimate of drug-likeness (QED) is 0.0588. The summed E-state index contributed by atoms with van der Waals surface area (Å²) in [6, 6.07) is 0. The van der Waals surface area contributed by atoms with Crippen LogP contribution in [0.25, 0.3) is 0 Å². The van der Waals surface area contributed by atoms with Crippen molar-refractivity contribution < 1.29 is 124 Å². The highest BCUT2D eigenvalue weighted by molar-refractivity contribution is 5.80. The predicted octanol–water partition coefficient (Wildman–Crippen LogP) is -2.30. The molecule has 0 aromatic rings. The zero-order valence-electron chi connectivity index (χ0n) is 48.1. The lowest BCUT2D eigenvalue weighted by molar-refractivity contribution is -0.369. The zero-order chi connectivity index (χ0) is 59.7. The number of ether oxygens (including phenoxy) is 10. The third kappa shape index (κ3) is 10.5. The predicted molar refractivity (Wildman–Crippen MR) is 277 cm³/mol. The Morgan fingerprint density at radius 1 is 0.561 bits per heavy atom. The molecule has 14 N–H and O–H groups in total. The molecule has 0 spiro atoms. The van der Waals surface area contributed by atoms with Crippen molar-refractivity contribution in [2.45, 2.75) is 261 Å². The minimum atomic E-state index is -1.89. The molecule has 10 aliphatic rings. The van der Waals surface area contributed by atoms with Gasteiger partial charge >= 0.3 is 5.97 Å². The SMILES string of the molecule is C[C@@H]1O[C@@H](O[C@H]2[C@H](OC(=O)[C@]34CCC(C)(C)C[C@H]3C3=CC[C@@H]5[C@@]6(C)CC[C@H](O[C@@H]7O[C@H](CO[C@@H]8OC[C@@H](O)[C@H](O)[C@H]8O)[C@@H](O)[C@H](O)[C@H]7O)C(C)(C)[C@@H]6CC[C@@]5(C)[C@]3(C)C[C@H]4O)OC[C@H](O)[C@@H]2O)[C@H](O)[C@H](O)[C@H]1O[C@@H]1OC[C@@H](O)[C@H](O)[C@H]1O. The van der Waals surface area contributed by atoms with E-state index in [0.29, 0.717) is 25.7 Å². The molecule has 5 aliphatic heterocycles. The van der Waals surface area contributed by atoms with Crippen molar-refractivity contribution in [1.29, 1.82) is 0 Å². The van der Waals surface area contributed by atoms with Crippen LogP contribution in [0.5, 0.6) is 0 Å². The Labute approximate surface area is 477 Å². The van der Waals surface area contributed by atoms with Gasteiger partial charge in [0.05, 0.1) is 44.7 Å². The van der Waals surface area contributed by atoms with Crippen molar-refractivity contribution in [3.63, 3.8) is 0 Å². The van der Waals surface area contributed by atoms with Gasteiger partial charge in [-0.2, -0.15) is 0 Å². The Hall–Kier alpha value is -1.71. The summed E-state index contributed by atoms with van der Waals surface area (Å²) in [5, 5.41) is 152. The van der Waals surface area contributed by atoms with Crippen molar-refractivity contribution in [1.82, 2.24) is 0 Å². The van der Waals surface area contributed by atoms with E-state index in [9.17, 15) is 71.5 Å². The van der Waals surface area contributed by atoms with Crippen LogP contribution >= 0.6 is 0 Å². The molecule has 4 saturated carbocycles. The van der Waals surface area contributed by atoms with Crippen LogP contribution in [0.2, 0.25) is 0 Å².